The Hall–Kier alpha value is -0.210. The van der Waals surface area contributed by atoms with Crippen molar-refractivity contribution in [2.24, 2.45) is 0 Å². The van der Waals surface area contributed by atoms with E-state index in [1.807, 2.05) is 0 Å². The molecule has 0 radical (unpaired) electrons. The van der Waals surface area contributed by atoms with Crippen LogP contribution in [0.15, 0.2) is 23.0 Å². The molecule has 0 aromatic carbocycles. The lowest BCUT2D eigenvalue weighted by atomic mass is 10.3. The number of hydrogen-bond donors (Lipinski definition) is 1. The second-order valence-electron chi connectivity index (χ2n) is 2.58. The van der Waals surface area contributed by atoms with Crippen LogP contribution in [0.2, 0.25) is 0 Å². The molecule has 11 heavy (non-hydrogen) atoms. The van der Waals surface area contributed by atoms with Crippen LogP contribution >= 0.6 is 11.2 Å². The normalized spacial score (nSPS) is 18.1. The van der Waals surface area contributed by atoms with Crippen molar-refractivity contribution in [3.05, 3.63) is 23.0 Å². The first-order chi connectivity index (χ1) is 5.43. The van der Waals surface area contributed by atoms with Gasteiger partial charge >= 0.3 is 0 Å². The molecule has 1 aliphatic rings. The van der Waals surface area contributed by atoms with E-state index in [1.165, 1.54) is 19.3 Å². The highest BCUT2D eigenvalue weighted by atomic mass is 32.2. The molecule has 0 unspecified atom stereocenters. The molecule has 0 fully saturated rings. The van der Waals surface area contributed by atoms with Crippen molar-refractivity contribution in [2.45, 2.75) is 26.2 Å². The first-order valence-electron chi connectivity index (χ1n) is 4.19. The fourth-order valence-corrected chi connectivity index (χ4v) is 2.08. The maximum atomic E-state index is 5.60. The van der Waals surface area contributed by atoms with Crippen molar-refractivity contribution in [2.75, 3.05) is 6.61 Å². The van der Waals surface area contributed by atoms with Crippen molar-refractivity contribution < 1.29 is 4.18 Å². The molecule has 0 spiro atoms. The Bertz CT molecular complexity index is 140. The zero-order chi connectivity index (χ0) is 7.94. The van der Waals surface area contributed by atoms with Crippen molar-refractivity contribution in [3.8, 4) is 0 Å². The molecule has 0 amide bonds. The molecule has 0 atom stereocenters. The summed E-state index contributed by atoms with van der Waals surface area (Å²) in [5.41, 5.74) is 0. The highest BCUT2D eigenvalue weighted by Gasteiger charge is 1.97. The standard InChI is InChI=1S/C9H16OS/c1-2-3-4-7-10-11-8-5-6-9-11/h5-6,8-9,11H,2-4,7H2,1H3. The summed E-state index contributed by atoms with van der Waals surface area (Å²) in [6.45, 7) is 3.13. The van der Waals surface area contributed by atoms with Crippen molar-refractivity contribution in [1.82, 2.24) is 0 Å². The first kappa shape index (κ1) is 8.88. The molecule has 0 bridgehead atoms. The SMILES string of the molecule is CCCCCO[SH]1C=CC=C1. The molecule has 2 heteroatoms. The molecule has 0 N–H and O–H groups in total. The predicted octanol–water partition coefficient (Wildman–Crippen LogP) is 3.15. The minimum atomic E-state index is -0.323. The van der Waals surface area contributed by atoms with E-state index < -0.39 is 0 Å². The fraction of sp³-hybridized carbons (Fsp3) is 0.556. The molecule has 0 aliphatic carbocycles. The van der Waals surface area contributed by atoms with Crippen LogP contribution in [0.25, 0.3) is 0 Å². The average Bonchev–Trinajstić information content (AvgIpc) is 2.50. The summed E-state index contributed by atoms with van der Waals surface area (Å²) in [5.74, 6) is 0. The van der Waals surface area contributed by atoms with E-state index in [-0.39, 0.29) is 11.2 Å². The highest BCUT2D eigenvalue weighted by Crippen LogP contribution is 2.33. The molecule has 1 nitrogen and oxygen atoms in total. The summed E-state index contributed by atoms with van der Waals surface area (Å²) in [6.07, 6.45) is 7.89. The summed E-state index contributed by atoms with van der Waals surface area (Å²) in [7, 11) is 0. The molecule has 0 aromatic rings. The van der Waals surface area contributed by atoms with Crippen LogP contribution in [-0.2, 0) is 4.18 Å². The van der Waals surface area contributed by atoms with Gasteiger partial charge in [0.05, 0.1) is 6.61 Å². The smallest absolute Gasteiger partial charge is 0.0597 e. The number of unbranched alkanes of at least 4 members (excludes halogenated alkanes) is 2. The molecule has 0 saturated carbocycles. The van der Waals surface area contributed by atoms with Crippen molar-refractivity contribution >= 4 is 11.2 Å². The Labute approximate surface area is 71.7 Å². The maximum Gasteiger partial charge on any atom is 0.0597 e. The van der Waals surface area contributed by atoms with E-state index in [0.29, 0.717) is 0 Å². The van der Waals surface area contributed by atoms with Gasteiger partial charge in [0.2, 0.25) is 0 Å². The van der Waals surface area contributed by atoms with Crippen LogP contribution in [0.3, 0.4) is 0 Å². The van der Waals surface area contributed by atoms with Gasteiger partial charge in [-0.15, -0.1) is 11.2 Å². The third kappa shape index (κ3) is 3.63. The molecule has 1 rings (SSSR count). The molecular weight excluding hydrogens is 156 g/mol. The van der Waals surface area contributed by atoms with E-state index in [0.717, 1.165) is 6.61 Å². The van der Waals surface area contributed by atoms with E-state index in [9.17, 15) is 0 Å². The predicted molar refractivity (Wildman–Crippen MR) is 52.7 cm³/mol. The summed E-state index contributed by atoms with van der Waals surface area (Å²) in [6, 6.07) is 0. The topological polar surface area (TPSA) is 9.23 Å². The molecule has 1 aliphatic heterocycles. The lowest BCUT2D eigenvalue weighted by Gasteiger charge is -2.10. The molecule has 0 aromatic heterocycles. The van der Waals surface area contributed by atoms with Gasteiger partial charge in [-0.05, 0) is 17.2 Å². The van der Waals surface area contributed by atoms with Gasteiger partial charge in [-0.3, -0.25) is 0 Å². The number of rotatable bonds is 5. The fourth-order valence-electron chi connectivity index (χ4n) is 0.927. The Balaban J connectivity index is 1.95. The average molecular weight is 172 g/mol. The van der Waals surface area contributed by atoms with Crippen LogP contribution < -0.4 is 0 Å². The molecule has 0 saturated heterocycles. The van der Waals surface area contributed by atoms with Gasteiger partial charge in [0.1, 0.15) is 0 Å². The molecule has 64 valence electrons. The monoisotopic (exact) mass is 172 g/mol. The zero-order valence-corrected chi connectivity index (χ0v) is 7.89. The van der Waals surface area contributed by atoms with Gasteiger partial charge in [-0.25, -0.2) is 0 Å². The van der Waals surface area contributed by atoms with E-state index in [2.05, 4.69) is 29.9 Å². The summed E-state index contributed by atoms with van der Waals surface area (Å²) in [5, 5.41) is 4.28. The van der Waals surface area contributed by atoms with Gasteiger partial charge < -0.3 is 4.18 Å². The lowest BCUT2D eigenvalue weighted by molar-refractivity contribution is 0.356. The van der Waals surface area contributed by atoms with Gasteiger partial charge in [-0.2, -0.15) is 0 Å². The van der Waals surface area contributed by atoms with Crippen LogP contribution in [-0.4, -0.2) is 6.61 Å². The Morgan fingerprint density at radius 2 is 1.91 bits per heavy atom. The second kappa shape index (κ2) is 5.44. The van der Waals surface area contributed by atoms with Crippen LogP contribution in [0, 0.1) is 0 Å². The number of thiol groups is 1. The molecule has 1 heterocycles. The van der Waals surface area contributed by atoms with Crippen LogP contribution in [0.4, 0.5) is 0 Å². The Morgan fingerprint density at radius 3 is 2.55 bits per heavy atom. The largest absolute Gasteiger partial charge is 0.332 e. The van der Waals surface area contributed by atoms with Gasteiger partial charge in [0.25, 0.3) is 0 Å². The van der Waals surface area contributed by atoms with E-state index in [4.69, 9.17) is 4.18 Å². The molecular formula is C9H16OS. The quantitative estimate of drug-likeness (QED) is 0.495. The van der Waals surface area contributed by atoms with Crippen molar-refractivity contribution in [3.63, 3.8) is 0 Å². The third-order valence-electron chi connectivity index (χ3n) is 1.57. The van der Waals surface area contributed by atoms with Crippen LogP contribution in [0.5, 0.6) is 0 Å². The van der Waals surface area contributed by atoms with E-state index >= 15 is 0 Å². The summed E-state index contributed by atoms with van der Waals surface area (Å²) < 4.78 is 5.60. The summed E-state index contributed by atoms with van der Waals surface area (Å²) >= 11 is -0.323. The second-order valence-corrected chi connectivity index (χ2v) is 4.16. The van der Waals surface area contributed by atoms with Crippen molar-refractivity contribution in [1.29, 1.82) is 0 Å². The minimum Gasteiger partial charge on any atom is -0.332 e. The zero-order valence-electron chi connectivity index (χ0n) is 6.99. The van der Waals surface area contributed by atoms with Gasteiger partial charge in [0.15, 0.2) is 0 Å². The first-order valence-corrected chi connectivity index (χ1v) is 5.59. The number of hydrogen-bond acceptors (Lipinski definition) is 1. The Kier molecular flexibility index (Phi) is 4.39. The highest BCUT2D eigenvalue weighted by molar-refractivity contribution is 8.18. The Morgan fingerprint density at radius 1 is 1.18 bits per heavy atom. The maximum absolute atomic E-state index is 5.60. The minimum absolute atomic E-state index is 0.323. The number of allylic oxidation sites excluding steroid dienone is 2. The third-order valence-corrected chi connectivity index (χ3v) is 2.98. The summed E-state index contributed by atoms with van der Waals surface area (Å²) in [4.78, 5) is 0. The van der Waals surface area contributed by atoms with Gasteiger partial charge in [0, 0.05) is 0 Å². The van der Waals surface area contributed by atoms with Crippen LogP contribution in [0.1, 0.15) is 26.2 Å². The van der Waals surface area contributed by atoms with E-state index in [1.54, 1.807) is 0 Å². The lowest BCUT2D eigenvalue weighted by Crippen LogP contribution is -1.87. The van der Waals surface area contributed by atoms with Gasteiger partial charge in [-0.1, -0.05) is 31.9 Å².